The Hall–Kier alpha value is -0.340. The second-order valence-electron chi connectivity index (χ2n) is 1.62. The minimum absolute atomic E-state index is 0.130. The monoisotopic (exact) mass is 203 g/mol. The lowest BCUT2D eigenvalue weighted by atomic mass is 10.4. The summed E-state index contributed by atoms with van der Waals surface area (Å²) in [5.41, 5.74) is 4.87. The van der Waals surface area contributed by atoms with E-state index in [0.29, 0.717) is 0 Å². The van der Waals surface area contributed by atoms with Crippen molar-refractivity contribution in [3.05, 3.63) is 0 Å². The first-order valence-electron chi connectivity index (χ1n) is 2.40. The number of aliphatic carboxylic acids is 1. The lowest BCUT2D eigenvalue weighted by Gasteiger charge is -2.01. The van der Waals surface area contributed by atoms with Gasteiger partial charge in [-0.05, 0) is 0 Å². The molecule has 0 aliphatic carbocycles. The smallest absolute Gasteiger partial charge is 0.357 e. The highest BCUT2D eigenvalue weighted by Crippen LogP contribution is 2.13. The van der Waals surface area contributed by atoms with E-state index in [-0.39, 0.29) is 10.8 Å². The van der Waals surface area contributed by atoms with E-state index in [1.165, 1.54) is 0 Å². The molecule has 66 valence electrons. The third kappa shape index (κ3) is 6.07. The van der Waals surface area contributed by atoms with Crippen LogP contribution in [0, 0.1) is 0 Å². The molecule has 0 fully saturated rings. The molecule has 0 saturated carbocycles. The predicted molar refractivity (Wildman–Crippen MR) is 38.1 cm³/mol. The number of carboxylic acid groups (broad SMARTS) is 1. The van der Waals surface area contributed by atoms with Gasteiger partial charge in [0.05, 0.1) is 0 Å². The van der Waals surface area contributed by atoms with Crippen molar-refractivity contribution in [1.82, 2.24) is 0 Å². The van der Waals surface area contributed by atoms with Gasteiger partial charge in [0.15, 0.2) is 0 Å². The molecule has 0 unspecified atom stereocenters. The zero-order valence-electron chi connectivity index (χ0n) is 5.23. The van der Waals surface area contributed by atoms with Crippen molar-refractivity contribution >= 4 is 26.0 Å². The van der Waals surface area contributed by atoms with Crippen LogP contribution >= 0.6 is 10.8 Å². The maximum atomic E-state index is 11.7. The minimum Gasteiger partial charge on any atom is -0.480 e. The SMILES string of the molecule is N[C@@H](CSS(=O)(=O)F)C(=O)O. The summed E-state index contributed by atoms with van der Waals surface area (Å²) in [7, 11) is -4.81. The lowest BCUT2D eigenvalue weighted by Crippen LogP contribution is -2.32. The second-order valence-corrected chi connectivity index (χ2v) is 4.88. The Balaban J connectivity index is 3.82. The summed E-state index contributed by atoms with van der Waals surface area (Å²) in [6, 6.07) is -1.36. The van der Waals surface area contributed by atoms with Gasteiger partial charge in [0, 0.05) is 16.5 Å². The molecule has 11 heavy (non-hydrogen) atoms. The molecule has 0 saturated heterocycles. The van der Waals surface area contributed by atoms with Crippen LogP contribution in [0.2, 0.25) is 0 Å². The Labute approximate surface area is 66.4 Å². The molecule has 0 bridgehead atoms. The molecule has 8 heteroatoms. The Bertz CT molecular complexity index is 238. The molecule has 0 radical (unpaired) electrons. The molecule has 0 spiro atoms. The first kappa shape index (κ1) is 10.7. The highest BCUT2D eigenvalue weighted by molar-refractivity contribution is 8.70. The van der Waals surface area contributed by atoms with Gasteiger partial charge in [-0.1, -0.05) is 3.89 Å². The zero-order valence-corrected chi connectivity index (χ0v) is 6.86. The van der Waals surface area contributed by atoms with E-state index in [2.05, 4.69) is 0 Å². The molecule has 0 aromatic carbocycles. The van der Waals surface area contributed by atoms with Gasteiger partial charge in [0.25, 0.3) is 0 Å². The van der Waals surface area contributed by atoms with Crippen LogP contribution in [0.5, 0.6) is 0 Å². The van der Waals surface area contributed by atoms with Gasteiger partial charge >= 0.3 is 15.2 Å². The number of carboxylic acids is 1. The summed E-state index contributed by atoms with van der Waals surface area (Å²) in [6.45, 7) is 0. The number of hydrogen-bond donors (Lipinski definition) is 2. The fourth-order valence-corrected chi connectivity index (χ4v) is 1.61. The number of hydrogen-bond acceptors (Lipinski definition) is 5. The summed E-state index contributed by atoms with van der Waals surface area (Å²) < 4.78 is 31.3. The third-order valence-corrected chi connectivity index (χ3v) is 2.74. The van der Waals surface area contributed by atoms with E-state index in [1.54, 1.807) is 0 Å². The van der Waals surface area contributed by atoms with Gasteiger partial charge < -0.3 is 10.8 Å². The summed E-state index contributed by atoms with van der Waals surface area (Å²) in [5.74, 6) is -1.85. The molecular formula is C3H6FNO4S2. The van der Waals surface area contributed by atoms with Crippen LogP contribution in [0.25, 0.3) is 0 Å². The summed E-state index contributed by atoms with van der Waals surface area (Å²) in [4.78, 5) is 9.96. The van der Waals surface area contributed by atoms with Gasteiger partial charge in [-0.3, -0.25) is 4.79 Å². The zero-order chi connectivity index (χ0) is 9.07. The minimum atomic E-state index is -4.68. The number of nitrogens with two attached hydrogens (primary N) is 1. The maximum Gasteiger partial charge on any atom is 0.357 e. The highest BCUT2D eigenvalue weighted by Gasteiger charge is 2.16. The van der Waals surface area contributed by atoms with E-state index in [1.807, 2.05) is 0 Å². The maximum absolute atomic E-state index is 11.7. The molecule has 5 nitrogen and oxygen atoms in total. The molecule has 0 aromatic rings. The summed E-state index contributed by atoms with van der Waals surface area (Å²) >= 11 is 0. The number of rotatable bonds is 4. The van der Waals surface area contributed by atoms with Crippen LogP contribution < -0.4 is 5.73 Å². The lowest BCUT2D eigenvalue weighted by molar-refractivity contribution is -0.137. The van der Waals surface area contributed by atoms with Crippen LogP contribution in [0.4, 0.5) is 3.89 Å². The van der Waals surface area contributed by atoms with Crippen molar-refractivity contribution in [2.24, 2.45) is 5.73 Å². The van der Waals surface area contributed by atoms with Crippen LogP contribution in [-0.2, 0) is 14.0 Å². The van der Waals surface area contributed by atoms with Crippen molar-refractivity contribution in [3.63, 3.8) is 0 Å². The van der Waals surface area contributed by atoms with Crippen molar-refractivity contribution < 1.29 is 22.2 Å². The van der Waals surface area contributed by atoms with Crippen molar-refractivity contribution in [3.8, 4) is 0 Å². The Morgan fingerprint density at radius 2 is 2.18 bits per heavy atom. The fraction of sp³-hybridized carbons (Fsp3) is 0.667. The first-order chi connectivity index (χ1) is 4.83. The van der Waals surface area contributed by atoms with Gasteiger partial charge in [-0.15, -0.1) is 0 Å². The van der Waals surface area contributed by atoms with E-state index in [4.69, 9.17) is 10.8 Å². The normalized spacial score (nSPS) is 14.4. The average Bonchev–Trinajstić information content (AvgIpc) is 1.80. The van der Waals surface area contributed by atoms with Crippen LogP contribution in [0.1, 0.15) is 0 Å². The van der Waals surface area contributed by atoms with Crippen molar-refractivity contribution in [1.29, 1.82) is 0 Å². The van der Waals surface area contributed by atoms with Crippen LogP contribution in [0.3, 0.4) is 0 Å². The molecule has 0 rings (SSSR count). The molecule has 1 atom stereocenters. The van der Waals surface area contributed by atoms with Gasteiger partial charge in [0.1, 0.15) is 6.04 Å². The topological polar surface area (TPSA) is 97.5 Å². The molecule has 0 aliphatic heterocycles. The van der Waals surface area contributed by atoms with E-state index in [0.717, 1.165) is 0 Å². The van der Waals surface area contributed by atoms with E-state index >= 15 is 0 Å². The molecule has 0 aromatic heterocycles. The average molecular weight is 203 g/mol. The summed E-state index contributed by atoms with van der Waals surface area (Å²) in [6.07, 6.45) is 0. The number of halogens is 1. The second kappa shape index (κ2) is 3.88. The molecular weight excluding hydrogens is 197 g/mol. The molecule has 3 N–H and O–H groups in total. The third-order valence-electron chi connectivity index (χ3n) is 0.706. The highest BCUT2D eigenvalue weighted by atomic mass is 33.2. The van der Waals surface area contributed by atoms with Crippen LogP contribution in [0.15, 0.2) is 0 Å². The molecule has 0 heterocycles. The summed E-state index contributed by atoms with van der Waals surface area (Å²) in [5, 5.41) is 8.12. The Morgan fingerprint density at radius 1 is 1.73 bits per heavy atom. The largest absolute Gasteiger partial charge is 0.480 e. The standard InChI is InChI=1S/C3H6FNO4S2/c4-11(8,9)10-1-2(5)3(6)7/h2H,1,5H2,(H,6,7)/t2-/m0/s1. The Kier molecular flexibility index (Phi) is 3.76. The fourth-order valence-electron chi connectivity index (χ4n) is 0.226. The van der Waals surface area contributed by atoms with E-state index in [9.17, 15) is 17.1 Å². The van der Waals surface area contributed by atoms with E-state index < -0.39 is 27.0 Å². The quantitative estimate of drug-likeness (QED) is 0.465. The van der Waals surface area contributed by atoms with Crippen molar-refractivity contribution in [2.45, 2.75) is 6.04 Å². The van der Waals surface area contributed by atoms with Gasteiger partial charge in [-0.2, -0.15) is 8.42 Å². The van der Waals surface area contributed by atoms with Gasteiger partial charge in [-0.25, -0.2) is 0 Å². The Morgan fingerprint density at radius 3 is 2.45 bits per heavy atom. The van der Waals surface area contributed by atoms with Crippen LogP contribution in [-0.4, -0.2) is 31.3 Å². The first-order valence-corrected chi connectivity index (χ1v) is 5.29. The molecule has 0 amide bonds. The predicted octanol–water partition coefficient (Wildman–Crippen LogP) is -0.654. The van der Waals surface area contributed by atoms with Crippen molar-refractivity contribution in [2.75, 3.05) is 5.75 Å². The molecule has 0 aliphatic rings. The number of carbonyl (C=O) groups is 1. The van der Waals surface area contributed by atoms with Gasteiger partial charge in [0.2, 0.25) is 0 Å².